The van der Waals surface area contributed by atoms with Crippen LogP contribution in [-0.2, 0) is 20.8 Å². The van der Waals surface area contributed by atoms with E-state index in [2.05, 4.69) is 5.32 Å². The molecule has 2 aromatic rings. The smallest absolute Gasteiger partial charge is 0.338 e. The molecule has 1 aliphatic heterocycles. The maximum atomic E-state index is 12.5. The number of hydrogen-bond donors (Lipinski definition) is 1. The Labute approximate surface area is 173 Å². The van der Waals surface area contributed by atoms with E-state index in [1.165, 1.54) is 14.0 Å². The van der Waals surface area contributed by atoms with Gasteiger partial charge in [-0.1, -0.05) is 24.3 Å². The lowest BCUT2D eigenvalue weighted by Crippen LogP contribution is -2.37. The van der Waals surface area contributed by atoms with Crippen molar-refractivity contribution >= 4 is 23.7 Å². The lowest BCUT2D eigenvalue weighted by molar-refractivity contribution is -0.129. The van der Waals surface area contributed by atoms with Crippen molar-refractivity contribution in [2.24, 2.45) is 0 Å². The Hall–Kier alpha value is -3.52. The minimum absolute atomic E-state index is 0.0283. The quantitative estimate of drug-likeness (QED) is 0.404. The van der Waals surface area contributed by atoms with Crippen LogP contribution in [0.4, 0.5) is 0 Å². The zero-order valence-corrected chi connectivity index (χ0v) is 16.7. The second-order valence-corrected chi connectivity index (χ2v) is 6.77. The average molecular weight is 410 g/mol. The summed E-state index contributed by atoms with van der Waals surface area (Å²) in [6.07, 6.45) is -0.978. The number of benzene rings is 2. The summed E-state index contributed by atoms with van der Waals surface area (Å²) in [5.41, 5.74) is 1.55. The molecule has 0 unspecified atom stereocenters. The number of fused-ring (bicyclic) bond motifs is 1. The van der Waals surface area contributed by atoms with Gasteiger partial charge in [0.1, 0.15) is 0 Å². The number of ether oxygens (including phenoxy) is 2. The number of imide groups is 1. The largest absolute Gasteiger partial charge is 0.449 e. The SMILES string of the molecule is COCCNC(=O)[C@@H](C)OC(=O)c1cccc(CN2C(=O)c3ccccc3C2=O)c1. The number of nitrogens with one attached hydrogen (secondary N) is 1. The summed E-state index contributed by atoms with van der Waals surface area (Å²) in [7, 11) is 1.52. The van der Waals surface area contributed by atoms with Crippen molar-refractivity contribution in [3.05, 3.63) is 70.8 Å². The fraction of sp³-hybridized carbons (Fsp3) is 0.273. The first kappa shape index (κ1) is 21.2. The van der Waals surface area contributed by atoms with Crippen LogP contribution in [0.2, 0.25) is 0 Å². The van der Waals surface area contributed by atoms with E-state index in [0.717, 1.165) is 4.90 Å². The van der Waals surface area contributed by atoms with Crippen LogP contribution in [-0.4, -0.2) is 55.0 Å². The van der Waals surface area contributed by atoms with E-state index in [-0.39, 0.29) is 23.9 Å². The maximum Gasteiger partial charge on any atom is 0.338 e. The van der Waals surface area contributed by atoms with Crippen LogP contribution in [0.15, 0.2) is 48.5 Å². The summed E-state index contributed by atoms with van der Waals surface area (Å²) in [4.78, 5) is 50.5. The first-order chi connectivity index (χ1) is 14.4. The topological polar surface area (TPSA) is 102 Å². The molecule has 2 aromatic carbocycles. The molecule has 0 radical (unpaired) electrons. The molecule has 1 aliphatic rings. The van der Waals surface area contributed by atoms with Gasteiger partial charge < -0.3 is 14.8 Å². The first-order valence-corrected chi connectivity index (χ1v) is 9.44. The highest BCUT2D eigenvalue weighted by Crippen LogP contribution is 2.24. The summed E-state index contributed by atoms with van der Waals surface area (Å²) >= 11 is 0. The van der Waals surface area contributed by atoms with E-state index in [1.807, 2.05) is 0 Å². The average Bonchev–Trinajstić information content (AvgIpc) is 2.99. The van der Waals surface area contributed by atoms with Crippen LogP contribution in [0.5, 0.6) is 0 Å². The molecule has 0 spiro atoms. The molecule has 0 saturated heterocycles. The van der Waals surface area contributed by atoms with Gasteiger partial charge in [-0.25, -0.2) is 4.79 Å². The number of esters is 1. The number of carbonyl (C=O) groups excluding carboxylic acids is 4. The molecule has 1 heterocycles. The third-order valence-corrected chi connectivity index (χ3v) is 4.64. The highest BCUT2D eigenvalue weighted by molar-refractivity contribution is 6.21. The van der Waals surface area contributed by atoms with Gasteiger partial charge in [-0.15, -0.1) is 0 Å². The van der Waals surface area contributed by atoms with Gasteiger partial charge >= 0.3 is 5.97 Å². The predicted octanol–water partition coefficient (Wildman–Crippen LogP) is 1.79. The van der Waals surface area contributed by atoms with Crippen LogP contribution in [0.1, 0.15) is 43.6 Å². The molecule has 0 saturated carbocycles. The Kier molecular flexibility index (Phi) is 6.58. The third kappa shape index (κ3) is 4.55. The minimum atomic E-state index is -0.978. The Balaban J connectivity index is 1.65. The van der Waals surface area contributed by atoms with Crippen LogP contribution in [0.3, 0.4) is 0 Å². The molecule has 1 atom stereocenters. The Bertz CT molecular complexity index is 952. The van der Waals surface area contributed by atoms with Crippen molar-refractivity contribution in [1.82, 2.24) is 10.2 Å². The lowest BCUT2D eigenvalue weighted by atomic mass is 10.1. The van der Waals surface area contributed by atoms with Crippen molar-refractivity contribution in [3.63, 3.8) is 0 Å². The number of amides is 3. The van der Waals surface area contributed by atoms with Crippen molar-refractivity contribution in [3.8, 4) is 0 Å². The molecular weight excluding hydrogens is 388 g/mol. The molecule has 0 fully saturated rings. The second kappa shape index (κ2) is 9.32. The molecule has 0 bridgehead atoms. The maximum absolute atomic E-state index is 12.5. The normalized spacial score (nSPS) is 13.7. The summed E-state index contributed by atoms with van der Waals surface area (Å²) < 4.78 is 10.1. The minimum Gasteiger partial charge on any atom is -0.449 e. The third-order valence-electron chi connectivity index (χ3n) is 4.64. The summed E-state index contributed by atoms with van der Waals surface area (Å²) in [6.45, 7) is 2.17. The molecule has 30 heavy (non-hydrogen) atoms. The van der Waals surface area contributed by atoms with Crippen molar-refractivity contribution in [2.45, 2.75) is 19.6 Å². The highest BCUT2D eigenvalue weighted by Gasteiger charge is 2.35. The number of carbonyl (C=O) groups is 4. The summed E-state index contributed by atoms with van der Waals surface area (Å²) in [5.74, 6) is -1.84. The van der Waals surface area contributed by atoms with E-state index in [9.17, 15) is 19.2 Å². The van der Waals surface area contributed by atoms with Crippen molar-refractivity contribution < 1.29 is 28.7 Å². The molecular formula is C22H22N2O6. The second-order valence-electron chi connectivity index (χ2n) is 6.77. The van der Waals surface area contributed by atoms with Crippen LogP contribution in [0.25, 0.3) is 0 Å². The van der Waals surface area contributed by atoms with Gasteiger partial charge in [-0.05, 0) is 36.8 Å². The van der Waals surface area contributed by atoms with Gasteiger partial charge in [0.05, 0.1) is 29.8 Å². The van der Waals surface area contributed by atoms with Crippen LogP contribution >= 0.6 is 0 Å². The zero-order chi connectivity index (χ0) is 21.7. The van der Waals surface area contributed by atoms with E-state index < -0.39 is 18.0 Å². The first-order valence-electron chi connectivity index (χ1n) is 9.44. The van der Waals surface area contributed by atoms with Crippen molar-refractivity contribution in [2.75, 3.05) is 20.3 Å². The Morgan fingerprint density at radius 1 is 1.03 bits per heavy atom. The number of nitrogens with zero attached hydrogens (tertiary/aromatic N) is 1. The van der Waals surface area contributed by atoms with Gasteiger partial charge in [-0.2, -0.15) is 0 Å². The van der Waals surface area contributed by atoms with Gasteiger partial charge in [0.25, 0.3) is 17.7 Å². The van der Waals surface area contributed by atoms with Gasteiger partial charge in [-0.3, -0.25) is 19.3 Å². The molecule has 0 aliphatic carbocycles. The van der Waals surface area contributed by atoms with Crippen LogP contribution < -0.4 is 5.32 Å². The standard InChI is InChI=1S/C22H22N2O6/c1-14(19(25)23-10-11-29-2)30-22(28)16-7-5-6-15(12-16)13-24-20(26)17-8-3-4-9-18(17)21(24)27/h3-9,12,14H,10-11,13H2,1-2H3,(H,23,25)/t14-/m1/s1. The Morgan fingerprint density at radius 3 is 2.33 bits per heavy atom. The highest BCUT2D eigenvalue weighted by atomic mass is 16.5. The fourth-order valence-electron chi connectivity index (χ4n) is 3.06. The fourth-order valence-corrected chi connectivity index (χ4v) is 3.06. The summed E-state index contributed by atoms with van der Waals surface area (Å²) in [6, 6.07) is 13.1. The zero-order valence-electron chi connectivity index (χ0n) is 16.7. The molecule has 8 heteroatoms. The van der Waals surface area contributed by atoms with E-state index in [4.69, 9.17) is 9.47 Å². The molecule has 3 amide bonds. The van der Waals surface area contributed by atoms with Crippen molar-refractivity contribution in [1.29, 1.82) is 0 Å². The molecule has 3 rings (SSSR count). The monoisotopic (exact) mass is 410 g/mol. The molecule has 156 valence electrons. The molecule has 1 N–H and O–H groups in total. The number of rotatable bonds is 8. The van der Waals surface area contributed by atoms with E-state index in [0.29, 0.717) is 29.8 Å². The van der Waals surface area contributed by atoms with Crippen LogP contribution in [0, 0.1) is 0 Å². The van der Waals surface area contributed by atoms with Gasteiger partial charge in [0, 0.05) is 13.7 Å². The van der Waals surface area contributed by atoms with Gasteiger partial charge in [0.15, 0.2) is 6.10 Å². The summed E-state index contributed by atoms with van der Waals surface area (Å²) in [5, 5.41) is 2.60. The molecule has 0 aromatic heterocycles. The molecule has 8 nitrogen and oxygen atoms in total. The van der Waals surface area contributed by atoms with Gasteiger partial charge in [0.2, 0.25) is 0 Å². The van der Waals surface area contributed by atoms with E-state index in [1.54, 1.807) is 48.5 Å². The number of methoxy groups -OCH3 is 1. The predicted molar refractivity (Wildman–Crippen MR) is 107 cm³/mol. The number of hydrogen-bond acceptors (Lipinski definition) is 6. The van der Waals surface area contributed by atoms with E-state index >= 15 is 0 Å². The lowest BCUT2D eigenvalue weighted by Gasteiger charge is -2.15. The Morgan fingerprint density at radius 2 is 1.70 bits per heavy atom.